The van der Waals surface area contributed by atoms with Gasteiger partial charge in [0, 0.05) is 28.2 Å². The highest BCUT2D eigenvalue weighted by Crippen LogP contribution is 2.23. The number of nitrogens with zero attached hydrogens (tertiary/aromatic N) is 4. The average molecular weight is 440 g/mol. The molecule has 9 heteroatoms. The van der Waals surface area contributed by atoms with E-state index in [-0.39, 0.29) is 17.5 Å². The van der Waals surface area contributed by atoms with Gasteiger partial charge in [0.25, 0.3) is 5.91 Å². The number of hydrogen-bond donors (Lipinski definition) is 1. The van der Waals surface area contributed by atoms with E-state index in [1.54, 1.807) is 18.3 Å². The number of rotatable bonds is 7. The molecule has 0 unspecified atom stereocenters. The van der Waals surface area contributed by atoms with Crippen LogP contribution in [0.25, 0.3) is 10.9 Å². The van der Waals surface area contributed by atoms with Crippen LogP contribution in [0.5, 0.6) is 0 Å². The highest BCUT2D eigenvalue weighted by Gasteiger charge is 2.10. The van der Waals surface area contributed by atoms with E-state index in [1.165, 1.54) is 29.2 Å². The third-order valence-corrected chi connectivity index (χ3v) is 6.32. The Morgan fingerprint density at radius 3 is 2.83 bits per heavy atom. The Kier molecular flexibility index (Phi) is 6.20. The molecule has 152 valence electrons. The number of aromatic nitrogens is 3. The lowest BCUT2D eigenvalue weighted by atomic mass is 10.2. The van der Waals surface area contributed by atoms with Crippen LogP contribution in [-0.2, 0) is 11.3 Å². The summed E-state index contributed by atoms with van der Waals surface area (Å²) in [4.78, 5) is 12.0. The monoisotopic (exact) mass is 439 g/mol. The lowest BCUT2D eigenvalue weighted by molar-refractivity contribution is -0.118. The fourth-order valence-corrected chi connectivity index (χ4v) is 4.60. The first-order valence-electron chi connectivity index (χ1n) is 9.16. The maximum Gasteiger partial charge on any atom is 0.250 e. The highest BCUT2D eigenvalue weighted by atomic mass is 32.2. The van der Waals surface area contributed by atoms with E-state index in [9.17, 15) is 9.18 Å². The number of hydrazone groups is 1. The second-order valence-electron chi connectivity index (χ2n) is 6.49. The summed E-state index contributed by atoms with van der Waals surface area (Å²) in [6.45, 7) is 2.28. The third-order valence-electron chi connectivity index (χ3n) is 4.35. The SMILES string of the molecule is Cc1nnc(SCC(=O)N/N=C\c2cn(Cc3ccccc3F)c3ccccc23)s1. The molecule has 6 nitrogen and oxygen atoms in total. The Bertz CT molecular complexity index is 1220. The van der Waals surface area contributed by atoms with Crippen LogP contribution >= 0.6 is 23.1 Å². The molecule has 0 atom stereocenters. The quantitative estimate of drug-likeness (QED) is 0.266. The van der Waals surface area contributed by atoms with E-state index in [4.69, 9.17) is 0 Å². The Morgan fingerprint density at radius 1 is 1.23 bits per heavy atom. The first kappa shape index (κ1) is 20.2. The molecule has 2 aromatic heterocycles. The minimum Gasteiger partial charge on any atom is -0.342 e. The zero-order valence-electron chi connectivity index (χ0n) is 16.1. The molecule has 2 heterocycles. The summed E-state index contributed by atoms with van der Waals surface area (Å²) < 4.78 is 16.8. The first-order valence-corrected chi connectivity index (χ1v) is 11.0. The largest absolute Gasteiger partial charge is 0.342 e. The number of thioether (sulfide) groups is 1. The Labute approximate surface area is 180 Å². The van der Waals surface area contributed by atoms with Crippen molar-refractivity contribution in [3.05, 3.63) is 76.7 Å². The fourth-order valence-electron chi connectivity index (χ4n) is 2.99. The number of aryl methyl sites for hydroxylation is 1. The van der Waals surface area contributed by atoms with Gasteiger partial charge < -0.3 is 4.57 Å². The normalized spacial score (nSPS) is 11.4. The van der Waals surface area contributed by atoms with E-state index < -0.39 is 0 Å². The number of carbonyl (C=O) groups excluding carboxylic acids is 1. The molecule has 1 amide bonds. The molecule has 0 radical (unpaired) electrons. The van der Waals surface area contributed by atoms with Gasteiger partial charge in [-0.15, -0.1) is 10.2 Å². The van der Waals surface area contributed by atoms with Crippen molar-refractivity contribution in [2.45, 2.75) is 17.8 Å². The molecule has 0 saturated heterocycles. The Morgan fingerprint density at radius 2 is 2.03 bits per heavy atom. The molecule has 4 aromatic rings. The van der Waals surface area contributed by atoms with E-state index in [0.717, 1.165) is 25.8 Å². The standard InChI is InChI=1S/C21H18FN5OS2/c1-14-24-26-21(30-14)29-13-20(28)25-23-10-16-12-27(19-9-5-3-7-17(16)19)11-15-6-2-4-8-18(15)22/h2-10,12H,11,13H2,1H3,(H,25,28)/b23-10-. The molecule has 0 bridgehead atoms. The predicted molar refractivity (Wildman–Crippen MR) is 119 cm³/mol. The smallest absolute Gasteiger partial charge is 0.250 e. The molecule has 30 heavy (non-hydrogen) atoms. The zero-order chi connectivity index (χ0) is 20.9. The number of benzene rings is 2. The molecule has 0 saturated carbocycles. The topological polar surface area (TPSA) is 72.2 Å². The van der Waals surface area contributed by atoms with E-state index in [1.807, 2.05) is 48.0 Å². The molecular formula is C21H18FN5OS2. The van der Waals surface area contributed by atoms with Crippen LogP contribution in [0.15, 0.2) is 64.2 Å². The molecule has 0 aliphatic rings. The van der Waals surface area contributed by atoms with Crippen molar-refractivity contribution in [2.24, 2.45) is 5.10 Å². The summed E-state index contributed by atoms with van der Waals surface area (Å²) in [5.41, 5.74) is 4.96. The van der Waals surface area contributed by atoms with Crippen molar-refractivity contribution in [3.63, 3.8) is 0 Å². The number of nitrogens with one attached hydrogen (secondary N) is 1. The molecule has 4 rings (SSSR count). The van der Waals surface area contributed by atoms with E-state index >= 15 is 0 Å². The first-order chi connectivity index (χ1) is 14.6. The van der Waals surface area contributed by atoms with Crippen LogP contribution in [0.4, 0.5) is 4.39 Å². The van der Waals surface area contributed by atoms with Gasteiger partial charge >= 0.3 is 0 Å². The molecule has 0 aliphatic heterocycles. The van der Waals surface area contributed by atoms with Gasteiger partial charge in [0.15, 0.2) is 4.34 Å². The summed E-state index contributed by atoms with van der Waals surface area (Å²) >= 11 is 2.77. The molecule has 0 spiro atoms. The van der Waals surface area contributed by atoms with Crippen molar-refractivity contribution in [1.29, 1.82) is 0 Å². The maximum atomic E-state index is 14.1. The van der Waals surface area contributed by atoms with Gasteiger partial charge in [0.05, 0.1) is 18.5 Å². The minimum absolute atomic E-state index is 0.209. The van der Waals surface area contributed by atoms with Crippen LogP contribution < -0.4 is 5.43 Å². The van der Waals surface area contributed by atoms with Gasteiger partial charge in [-0.1, -0.05) is 59.5 Å². The van der Waals surface area contributed by atoms with Crippen LogP contribution in [0, 0.1) is 12.7 Å². The van der Waals surface area contributed by atoms with Crippen molar-refractivity contribution in [3.8, 4) is 0 Å². The number of hydrogen-bond acceptors (Lipinski definition) is 6. The van der Waals surface area contributed by atoms with Crippen molar-refractivity contribution < 1.29 is 9.18 Å². The highest BCUT2D eigenvalue weighted by molar-refractivity contribution is 8.01. The van der Waals surface area contributed by atoms with Crippen molar-refractivity contribution in [1.82, 2.24) is 20.2 Å². The molecule has 2 aromatic carbocycles. The second kappa shape index (κ2) is 9.19. The number of para-hydroxylation sites is 1. The zero-order valence-corrected chi connectivity index (χ0v) is 17.7. The fraction of sp³-hybridized carbons (Fsp3) is 0.143. The predicted octanol–water partition coefficient (Wildman–Crippen LogP) is 4.23. The summed E-state index contributed by atoms with van der Waals surface area (Å²) in [6.07, 6.45) is 3.52. The van der Waals surface area contributed by atoms with Gasteiger partial charge in [-0.2, -0.15) is 5.10 Å². The van der Waals surface area contributed by atoms with Crippen LogP contribution in [0.3, 0.4) is 0 Å². The van der Waals surface area contributed by atoms with Crippen molar-refractivity contribution in [2.75, 3.05) is 5.75 Å². The van der Waals surface area contributed by atoms with E-state index in [0.29, 0.717) is 12.1 Å². The third kappa shape index (κ3) is 4.74. The lowest BCUT2D eigenvalue weighted by Crippen LogP contribution is -2.19. The van der Waals surface area contributed by atoms with Gasteiger partial charge in [-0.05, 0) is 19.1 Å². The molecule has 0 aliphatic carbocycles. The lowest BCUT2D eigenvalue weighted by Gasteiger charge is -2.06. The number of carbonyl (C=O) groups is 1. The molecule has 1 N–H and O–H groups in total. The maximum absolute atomic E-state index is 14.1. The van der Waals surface area contributed by atoms with Gasteiger partial charge in [-0.25, -0.2) is 9.82 Å². The van der Waals surface area contributed by atoms with Gasteiger partial charge in [0.2, 0.25) is 0 Å². The summed E-state index contributed by atoms with van der Waals surface area (Å²) in [5.74, 6) is -0.249. The van der Waals surface area contributed by atoms with Gasteiger partial charge in [-0.3, -0.25) is 4.79 Å². The number of fused-ring (bicyclic) bond motifs is 1. The summed E-state index contributed by atoms with van der Waals surface area (Å²) in [6, 6.07) is 14.6. The average Bonchev–Trinajstić information content (AvgIpc) is 3.32. The number of amides is 1. The van der Waals surface area contributed by atoms with Crippen LogP contribution in [0.2, 0.25) is 0 Å². The minimum atomic E-state index is -0.235. The second-order valence-corrected chi connectivity index (χ2v) is 8.89. The Balaban J connectivity index is 1.46. The number of halogens is 1. The summed E-state index contributed by atoms with van der Waals surface area (Å²) in [7, 11) is 0. The van der Waals surface area contributed by atoms with Crippen molar-refractivity contribution >= 4 is 46.1 Å². The summed E-state index contributed by atoms with van der Waals surface area (Å²) in [5, 5.41) is 13.8. The van der Waals surface area contributed by atoms with Crippen LogP contribution in [0.1, 0.15) is 16.1 Å². The van der Waals surface area contributed by atoms with Gasteiger partial charge in [0.1, 0.15) is 10.8 Å². The van der Waals surface area contributed by atoms with E-state index in [2.05, 4.69) is 20.7 Å². The van der Waals surface area contributed by atoms with Crippen LogP contribution in [-0.4, -0.2) is 32.6 Å². The molecular weight excluding hydrogens is 421 g/mol. The Hall–Kier alpha value is -3.04. The molecule has 0 fully saturated rings.